The maximum Gasteiger partial charge on any atom is 0.354 e. The van der Waals surface area contributed by atoms with Crippen LogP contribution in [0.3, 0.4) is 0 Å². The van der Waals surface area contributed by atoms with Gasteiger partial charge in [-0.3, -0.25) is 14.9 Å². The van der Waals surface area contributed by atoms with E-state index >= 15 is 0 Å². The molecule has 4 N–H and O–H groups in total. The number of anilines is 2. The highest BCUT2D eigenvalue weighted by Crippen LogP contribution is 2.33. The van der Waals surface area contributed by atoms with Gasteiger partial charge in [0.1, 0.15) is 11.2 Å². The van der Waals surface area contributed by atoms with Crippen LogP contribution in [-0.4, -0.2) is 28.4 Å². The molecule has 0 aliphatic rings. The third kappa shape index (κ3) is 3.56. The number of esters is 1. The van der Waals surface area contributed by atoms with E-state index in [2.05, 4.69) is 10.3 Å². The number of nitro benzene ring substituents is 1. The largest absolute Gasteiger partial charge is 0.461 e. The lowest BCUT2D eigenvalue weighted by atomic mass is 10.1. The number of carbonyl (C=O) groups excluding carboxylic acids is 2. The third-order valence-electron chi connectivity index (χ3n) is 3.89. The number of non-ortho nitro benzene ring substituents is 1. The first-order valence-electron chi connectivity index (χ1n) is 8.04. The highest BCUT2D eigenvalue weighted by Gasteiger charge is 2.20. The zero-order valence-electron chi connectivity index (χ0n) is 14.3. The lowest BCUT2D eigenvalue weighted by Gasteiger charge is -2.09. The topological polar surface area (TPSA) is 140 Å². The van der Waals surface area contributed by atoms with Crippen molar-refractivity contribution < 1.29 is 19.2 Å². The Morgan fingerprint density at radius 1 is 1.26 bits per heavy atom. The van der Waals surface area contributed by atoms with Gasteiger partial charge >= 0.3 is 5.97 Å². The van der Waals surface area contributed by atoms with Crippen LogP contribution in [0.2, 0.25) is 0 Å². The van der Waals surface area contributed by atoms with E-state index in [0.717, 1.165) is 0 Å². The summed E-state index contributed by atoms with van der Waals surface area (Å²) < 4.78 is 4.95. The second kappa shape index (κ2) is 7.16. The van der Waals surface area contributed by atoms with Crippen LogP contribution in [0.15, 0.2) is 42.5 Å². The van der Waals surface area contributed by atoms with Crippen LogP contribution in [-0.2, 0) is 4.74 Å². The molecule has 3 aromatic rings. The fourth-order valence-electron chi connectivity index (χ4n) is 2.69. The van der Waals surface area contributed by atoms with Crippen molar-refractivity contribution in [2.24, 2.45) is 5.73 Å². The maximum absolute atomic E-state index is 12.0. The molecule has 1 aromatic heterocycles. The number of H-pyrrole nitrogens is 1. The number of carbonyl (C=O) groups is 2. The molecule has 9 heteroatoms. The van der Waals surface area contributed by atoms with Crippen LogP contribution >= 0.6 is 0 Å². The summed E-state index contributed by atoms with van der Waals surface area (Å²) in [5, 5.41) is 14.8. The molecular formula is C18H16N4O5. The van der Waals surface area contributed by atoms with E-state index in [-0.39, 0.29) is 23.5 Å². The second-order valence-corrected chi connectivity index (χ2v) is 5.65. The summed E-state index contributed by atoms with van der Waals surface area (Å²) in [6, 6.07) is 10.9. The average Bonchev–Trinajstić information content (AvgIpc) is 3.08. The summed E-state index contributed by atoms with van der Waals surface area (Å²) in [6.07, 6.45) is 0. The van der Waals surface area contributed by atoms with Crippen molar-refractivity contribution in [2.75, 3.05) is 11.9 Å². The average molecular weight is 368 g/mol. The Morgan fingerprint density at radius 3 is 2.70 bits per heavy atom. The molecule has 3 rings (SSSR count). The molecule has 27 heavy (non-hydrogen) atoms. The molecule has 0 spiro atoms. The fraction of sp³-hybridized carbons (Fsp3) is 0.111. The van der Waals surface area contributed by atoms with Gasteiger partial charge < -0.3 is 20.8 Å². The first-order valence-corrected chi connectivity index (χ1v) is 8.04. The van der Waals surface area contributed by atoms with Crippen molar-refractivity contribution in [3.63, 3.8) is 0 Å². The highest BCUT2D eigenvalue weighted by atomic mass is 16.6. The van der Waals surface area contributed by atoms with Gasteiger partial charge in [0.25, 0.3) is 5.69 Å². The number of nitrogens with two attached hydrogens (primary N) is 1. The second-order valence-electron chi connectivity index (χ2n) is 5.65. The monoisotopic (exact) mass is 368 g/mol. The molecule has 2 aromatic carbocycles. The van der Waals surface area contributed by atoms with Gasteiger partial charge in [-0.25, -0.2) is 4.79 Å². The fourth-order valence-corrected chi connectivity index (χ4v) is 2.69. The number of primary amides is 1. The van der Waals surface area contributed by atoms with Gasteiger partial charge in [0, 0.05) is 28.4 Å². The van der Waals surface area contributed by atoms with Crippen molar-refractivity contribution >= 4 is 39.8 Å². The molecule has 0 fully saturated rings. The highest BCUT2D eigenvalue weighted by molar-refractivity contribution is 6.04. The molecule has 0 radical (unpaired) electrons. The number of rotatable bonds is 6. The van der Waals surface area contributed by atoms with Gasteiger partial charge in [0.05, 0.1) is 11.5 Å². The summed E-state index contributed by atoms with van der Waals surface area (Å²) in [5.41, 5.74) is 6.82. The smallest absolute Gasteiger partial charge is 0.354 e. The van der Waals surface area contributed by atoms with Gasteiger partial charge in [0.2, 0.25) is 5.91 Å². The molecule has 0 aliphatic carbocycles. The Bertz CT molecular complexity index is 1060. The summed E-state index contributed by atoms with van der Waals surface area (Å²) in [6.45, 7) is 1.85. The Morgan fingerprint density at radius 2 is 2.04 bits per heavy atom. The van der Waals surface area contributed by atoms with Crippen LogP contribution in [0.4, 0.5) is 17.1 Å². The lowest BCUT2D eigenvalue weighted by molar-refractivity contribution is -0.383. The van der Waals surface area contributed by atoms with Crippen molar-refractivity contribution in [3.05, 3.63) is 63.8 Å². The third-order valence-corrected chi connectivity index (χ3v) is 3.89. The van der Waals surface area contributed by atoms with E-state index in [0.29, 0.717) is 22.3 Å². The maximum atomic E-state index is 12.0. The van der Waals surface area contributed by atoms with Crippen LogP contribution in [0.1, 0.15) is 27.8 Å². The number of hydrogen-bond donors (Lipinski definition) is 3. The Kier molecular flexibility index (Phi) is 4.75. The van der Waals surface area contributed by atoms with Gasteiger partial charge in [0.15, 0.2) is 0 Å². The summed E-state index contributed by atoms with van der Waals surface area (Å²) in [5.74, 6) is -1.18. The standard InChI is InChI=1S/C18H16N4O5/c1-2-27-18(24)14-9-12-13(6-7-15(22(25)26)16(12)21-14)20-11-5-3-4-10(8-11)17(19)23/h3-9,20-21H,2H2,1H3,(H2,19,23). The predicted octanol–water partition coefficient (Wildman–Crippen LogP) is 3.10. The van der Waals surface area contributed by atoms with E-state index in [1.54, 1.807) is 31.2 Å². The zero-order chi connectivity index (χ0) is 19.6. The molecule has 9 nitrogen and oxygen atoms in total. The van der Waals surface area contributed by atoms with Gasteiger partial charge in [-0.2, -0.15) is 0 Å². The number of nitro groups is 1. The molecule has 0 saturated carbocycles. The Balaban J connectivity index is 2.09. The molecule has 0 bridgehead atoms. The van der Waals surface area contributed by atoms with Gasteiger partial charge in [-0.05, 0) is 37.3 Å². The van der Waals surface area contributed by atoms with E-state index in [1.807, 2.05) is 0 Å². The van der Waals surface area contributed by atoms with Crippen LogP contribution in [0.25, 0.3) is 10.9 Å². The number of ether oxygens (including phenoxy) is 1. The molecular weight excluding hydrogens is 352 g/mol. The number of nitrogens with zero attached hydrogens (tertiary/aromatic N) is 1. The molecule has 0 saturated heterocycles. The van der Waals surface area contributed by atoms with E-state index in [4.69, 9.17) is 10.5 Å². The predicted molar refractivity (Wildman–Crippen MR) is 99.2 cm³/mol. The van der Waals surface area contributed by atoms with Crippen LogP contribution < -0.4 is 11.1 Å². The molecule has 0 aliphatic heterocycles. The van der Waals surface area contributed by atoms with Gasteiger partial charge in [-0.15, -0.1) is 0 Å². The molecule has 138 valence electrons. The Labute approximate surface area is 153 Å². The minimum absolute atomic E-state index is 0.107. The molecule has 1 amide bonds. The summed E-state index contributed by atoms with van der Waals surface area (Å²) in [7, 11) is 0. The number of aromatic nitrogens is 1. The first kappa shape index (κ1) is 17.9. The summed E-state index contributed by atoms with van der Waals surface area (Å²) >= 11 is 0. The normalized spacial score (nSPS) is 10.6. The van der Waals surface area contributed by atoms with Gasteiger partial charge in [-0.1, -0.05) is 6.07 Å². The van der Waals surface area contributed by atoms with E-state index in [9.17, 15) is 19.7 Å². The van der Waals surface area contributed by atoms with Crippen molar-refractivity contribution in [1.29, 1.82) is 0 Å². The molecule has 0 atom stereocenters. The van der Waals surface area contributed by atoms with Crippen molar-refractivity contribution in [2.45, 2.75) is 6.92 Å². The van der Waals surface area contributed by atoms with Crippen molar-refractivity contribution in [3.8, 4) is 0 Å². The lowest BCUT2D eigenvalue weighted by Crippen LogP contribution is -2.10. The number of fused-ring (bicyclic) bond motifs is 1. The van der Waals surface area contributed by atoms with Crippen LogP contribution in [0.5, 0.6) is 0 Å². The van der Waals surface area contributed by atoms with E-state index < -0.39 is 16.8 Å². The number of nitrogens with one attached hydrogen (secondary N) is 2. The number of aromatic amines is 1. The summed E-state index contributed by atoms with van der Waals surface area (Å²) in [4.78, 5) is 36.9. The van der Waals surface area contributed by atoms with Crippen LogP contribution in [0, 0.1) is 10.1 Å². The minimum atomic E-state index is -0.607. The van der Waals surface area contributed by atoms with Crippen molar-refractivity contribution in [1.82, 2.24) is 4.98 Å². The van der Waals surface area contributed by atoms with E-state index in [1.165, 1.54) is 18.2 Å². The minimum Gasteiger partial charge on any atom is -0.461 e. The molecule has 1 heterocycles. The Hall–Kier alpha value is -3.88. The number of benzene rings is 2. The molecule has 0 unspecified atom stereocenters. The SMILES string of the molecule is CCOC(=O)c1cc2c(Nc3cccc(C(N)=O)c3)ccc([N+](=O)[O-])c2[nH]1. The quantitative estimate of drug-likeness (QED) is 0.347. The number of hydrogen-bond acceptors (Lipinski definition) is 6. The number of amides is 1. The first-order chi connectivity index (χ1) is 12.9. The zero-order valence-corrected chi connectivity index (χ0v) is 14.3.